The smallest absolute Gasteiger partial charge is 0.279 e. The molecule has 27 heavy (non-hydrogen) atoms. The predicted molar refractivity (Wildman–Crippen MR) is 103 cm³/mol. The van der Waals surface area contributed by atoms with Crippen LogP contribution in [0.1, 0.15) is 24.0 Å². The van der Waals surface area contributed by atoms with Gasteiger partial charge in [-0.3, -0.25) is 15.8 Å². The number of nitrogens with zero attached hydrogens (tertiary/aromatic N) is 3. The topological polar surface area (TPSA) is 76.7 Å². The Kier molecular flexibility index (Phi) is 4.51. The highest BCUT2D eigenvalue weighted by atomic mass is 32.2. The lowest BCUT2D eigenvalue weighted by atomic mass is 9.92. The Labute approximate surface area is 159 Å². The summed E-state index contributed by atoms with van der Waals surface area (Å²) < 4.78 is 25.9. The van der Waals surface area contributed by atoms with E-state index >= 15 is 0 Å². The van der Waals surface area contributed by atoms with Crippen molar-refractivity contribution in [3.05, 3.63) is 53.5 Å². The molecule has 0 atom stereocenters. The number of thioether (sulfide) groups is 1. The van der Waals surface area contributed by atoms with Gasteiger partial charge in [0, 0.05) is 48.7 Å². The Morgan fingerprint density at radius 1 is 1.22 bits per heavy atom. The number of rotatable bonds is 4. The number of nitrogens with one attached hydrogen (secondary N) is 2. The van der Waals surface area contributed by atoms with Crippen molar-refractivity contribution in [2.75, 3.05) is 18.0 Å². The Hall–Kier alpha value is -2.61. The molecule has 0 spiro atoms. The molecule has 138 valence electrons. The maximum absolute atomic E-state index is 12.9. The van der Waals surface area contributed by atoms with Gasteiger partial charge in [0.15, 0.2) is 0 Å². The molecule has 0 amide bonds. The van der Waals surface area contributed by atoms with Gasteiger partial charge >= 0.3 is 0 Å². The van der Waals surface area contributed by atoms with E-state index in [1.165, 1.54) is 24.2 Å². The Bertz CT molecular complexity index is 952. The van der Waals surface area contributed by atoms with Crippen molar-refractivity contribution in [1.29, 1.82) is 10.8 Å². The molecule has 2 N–H and O–H groups in total. The van der Waals surface area contributed by atoms with Crippen LogP contribution in [-0.4, -0.2) is 40.2 Å². The number of fused-ring (bicyclic) bond motifs is 1. The quantitative estimate of drug-likeness (QED) is 0.773. The van der Waals surface area contributed by atoms with Crippen LogP contribution in [0.2, 0.25) is 0 Å². The number of anilines is 1. The molecular weight excluding hydrogens is 368 g/mol. The minimum Gasteiger partial charge on any atom is -0.354 e. The summed E-state index contributed by atoms with van der Waals surface area (Å²) in [5.74, 6) is 1.18. The van der Waals surface area contributed by atoms with Crippen LogP contribution in [0, 0.1) is 10.8 Å². The number of halogens is 2. The van der Waals surface area contributed by atoms with Gasteiger partial charge in [-0.1, -0.05) is 11.8 Å². The highest BCUT2D eigenvalue weighted by Gasteiger charge is 2.35. The molecule has 0 aliphatic carbocycles. The third-order valence-corrected chi connectivity index (χ3v) is 5.96. The van der Waals surface area contributed by atoms with E-state index in [4.69, 9.17) is 10.8 Å². The van der Waals surface area contributed by atoms with Gasteiger partial charge in [-0.2, -0.15) is 0 Å². The zero-order valence-corrected chi connectivity index (χ0v) is 15.4. The van der Waals surface area contributed by atoms with Crippen molar-refractivity contribution in [3.63, 3.8) is 0 Å². The van der Waals surface area contributed by atoms with Crippen LogP contribution in [0.4, 0.5) is 14.6 Å². The molecule has 2 aliphatic rings. The summed E-state index contributed by atoms with van der Waals surface area (Å²) in [6.45, 7) is 3.11. The maximum atomic E-state index is 12.9. The lowest BCUT2D eigenvalue weighted by molar-refractivity contribution is 0.225. The molecule has 2 aromatic rings. The SMILES string of the molecule is C/C(C(=N)C(F)F)=C1/C(=N)Sc2c1ccnc2N1CC(c2ccncc2)C1. The van der Waals surface area contributed by atoms with E-state index in [-0.39, 0.29) is 10.6 Å². The summed E-state index contributed by atoms with van der Waals surface area (Å²) >= 11 is 1.23. The lowest BCUT2D eigenvalue weighted by Gasteiger charge is -2.41. The number of alkyl halides is 2. The third kappa shape index (κ3) is 3.03. The van der Waals surface area contributed by atoms with Gasteiger partial charge in [0.05, 0.1) is 4.90 Å². The van der Waals surface area contributed by atoms with Gasteiger partial charge in [0.1, 0.15) is 16.6 Å². The van der Waals surface area contributed by atoms with Crippen LogP contribution < -0.4 is 4.90 Å². The highest BCUT2D eigenvalue weighted by Crippen LogP contribution is 2.47. The molecule has 2 aliphatic heterocycles. The monoisotopic (exact) mass is 385 g/mol. The van der Waals surface area contributed by atoms with Gasteiger partial charge in [-0.15, -0.1) is 0 Å². The standard InChI is InChI=1S/C19H17F2N5S/c1-10(15(22)17(20)21)14-13-4-7-25-19(16(13)27-18(14)23)26-8-12(9-26)11-2-5-24-6-3-11/h2-7,12,17,22-23H,8-9H2,1H3/b14-10-,22-15?,23-18?. The molecule has 1 saturated heterocycles. The van der Waals surface area contributed by atoms with Crippen LogP contribution in [0.25, 0.3) is 5.57 Å². The minimum absolute atomic E-state index is 0.150. The van der Waals surface area contributed by atoms with E-state index in [2.05, 4.69) is 14.9 Å². The average molecular weight is 385 g/mol. The second-order valence-electron chi connectivity index (χ2n) is 6.54. The minimum atomic E-state index is -2.85. The van der Waals surface area contributed by atoms with E-state index < -0.39 is 12.1 Å². The van der Waals surface area contributed by atoms with Gasteiger partial charge in [-0.25, -0.2) is 13.8 Å². The molecule has 1 fully saturated rings. The average Bonchev–Trinajstić information content (AvgIpc) is 2.96. The number of pyridine rings is 2. The van der Waals surface area contributed by atoms with Crippen LogP contribution in [0.5, 0.6) is 0 Å². The second kappa shape index (κ2) is 6.84. The van der Waals surface area contributed by atoms with Gasteiger partial charge in [-0.05, 0) is 36.3 Å². The van der Waals surface area contributed by atoms with Crippen molar-refractivity contribution >= 4 is 33.9 Å². The van der Waals surface area contributed by atoms with Gasteiger partial charge in [0.25, 0.3) is 6.43 Å². The molecule has 0 aromatic carbocycles. The summed E-state index contributed by atoms with van der Waals surface area (Å²) in [6, 6.07) is 5.76. The molecule has 0 unspecified atom stereocenters. The van der Waals surface area contributed by atoms with Crippen LogP contribution in [0.15, 0.2) is 47.3 Å². The highest BCUT2D eigenvalue weighted by molar-refractivity contribution is 8.15. The lowest BCUT2D eigenvalue weighted by Crippen LogP contribution is -2.45. The van der Waals surface area contributed by atoms with Crippen molar-refractivity contribution in [3.8, 4) is 0 Å². The second-order valence-corrected chi connectivity index (χ2v) is 7.56. The molecule has 0 bridgehead atoms. The molecule has 4 heterocycles. The molecule has 5 nitrogen and oxygen atoms in total. The summed E-state index contributed by atoms with van der Waals surface area (Å²) in [4.78, 5) is 11.5. The van der Waals surface area contributed by atoms with Crippen molar-refractivity contribution in [2.24, 2.45) is 0 Å². The fraction of sp³-hybridized carbons (Fsp3) is 0.263. The zero-order chi connectivity index (χ0) is 19.1. The van der Waals surface area contributed by atoms with Crippen LogP contribution in [0.3, 0.4) is 0 Å². The Morgan fingerprint density at radius 3 is 2.59 bits per heavy atom. The van der Waals surface area contributed by atoms with E-state index in [0.29, 0.717) is 17.1 Å². The molecule has 8 heteroatoms. The van der Waals surface area contributed by atoms with Crippen LogP contribution in [-0.2, 0) is 0 Å². The van der Waals surface area contributed by atoms with Crippen molar-refractivity contribution in [2.45, 2.75) is 24.2 Å². The molecule has 0 saturated carbocycles. The first-order chi connectivity index (χ1) is 13.0. The van der Waals surface area contributed by atoms with Gasteiger partial charge < -0.3 is 4.90 Å². The van der Waals surface area contributed by atoms with Crippen molar-refractivity contribution in [1.82, 2.24) is 9.97 Å². The zero-order valence-electron chi connectivity index (χ0n) is 14.5. The van der Waals surface area contributed by atoms with E-state index in [0.717, 1.165) is 23.8 Å². The summed E-state index contributed by atoms with van der Waals surface area (Å²) in [6.07, 6.45) is 2.36. The molecule has 2 aromatic heterocycles. The fourth-order valence-electron chi connectivity index (χ4n) is 3.40. The first-order valence-corrected chi connectivity index (χ1v) is 9.28. The third-order valence-electron chi connectivity index (χ3n) is 4.94. The normalized spacial score (nSPS) is 18.5. The maximum Gasteiger partial charge on any atom is 0.279 e. The Morgan fingerprint density at radius 2 is 1.93 bits per heavy atom. The number of hydrogen-bond donors (Lipinski definition) is 2. The summed E-state index contributed by atoms with van der Waals surface area (Å²) in [5, 5.41) is 16.0. The largest absolute Gasteiger partial charge is 0.354 e. The molecule has 0 radical (unpaired) electrons. The number of aromatic nitrogens is 2. The fourth-order valence-corrected chi connectivity index (χ4v) is 4.53. The van der Waals surface area contributed by atoms with E-state index in [1.807, 2.05) is 12.1 Å². The predicted octanol–water partition coefficient (Wildman–Crippen LogP) is 4.22. The Balaban J connectivity index is 1.64. The van der Waals surface area contributed by atoms with E-state index in [9.17, 15) is 8.78 Å². The summed E-state index contributed by atoms with van der Waals surface area (Å²) in [7, 11) is 0. The first-order valence-electron chi connectivity index (χ1n) is 8.46. The van der Waals surface area contributed by atoms with Gasteiger partial charge in [0.2, 0.25) is 0 Å². The summed E-state index contributed by atoms with van der Waals surface area (Å²) in [5.41, 5.74) is 1.77. The van der Waals surface area contributed by atoms with Crippen LogP contribution >= 0.6 is 11.8 Å². The first kappa shape index (κ1) is 17.8. The molecule has 4 rings (SSSR count). The number of hydrogen-bond acceptors (Lipinski definition) is 6. The van der Waals surface area contributed by atoms with Crippen molar-refractivity contribution < 1.29 is 8.78 Å². The number of allylic oxidation sites excluding steroid dienone is 1. The molecular formula is C19H17F2N5S. The van der Waals surface area contributed by atoms with E-state index in [1.54, 1.807) is 24.7 Å².